The maximum absolute atomic E-state index is 12.7. The van der Waals surface area contributed by atoms with E-state index in [-0.39, 0.29) is 11.4 Å². The number of benzene rings is 2. The number of nitrogens with zero attached hydrogens (tertiary/aromatic N) is 1. The first kappa shape index (κ1) is 23.1. The van der Waals surface area contributed by atoms with Crippen molar-refractivity contribution in [2.75, 3.05) is 34.1 Å². The Bertz CT molecular complexity index is 946. The van der Waals surface area contributed by atoms with Gasteiger partial charge in [0.15, 0.2) is 0 Å². The summed E-state index contributed by atoms with van der Waals surface area (Å²) in [6, 6.07) is 11.5. The number of sulfonamides is 1. The van der Waals surface area contributed by atoms with E-state index in [1.807, 2.05) is 6.26 Å². The van der Waals surface area contributed by atoms with Crippen molar-refractivity contribution >= 4 is 27.7 Å². The highest BCUT2D eigenvalue weighted by Crippen LogP contribution is 2.29. The summed E-state index contributed by atoms with van der Waals surface area (Å²) in [6.45, 7) is 1.49. The van der Waals surface area contributed by atoms with Gasteiger partial charge in [-0.2, -0.15) is 4.31 Å². The van der Waals surface area contributed by atoms with E-state index in [9.17, 15) is 13.2 Å². The molecule has 158 valence electrons. The van der Waals surface area contributed by atoms with E-state index in [2.05, 4.69) is 5.32 Å². The molecule has 7 nitrogen and oxygen atoms in total. The van der Waals surface area contributed by atoms with Gasteiger partial charge >= 0.3 is 0 Å². The lowest BCUT2D eigenvalue weighted by molar-refractivity contribution is -0.121. The van der Waals surface area contributed by atoms with E-state index < -0.39 is 22.0 Å². The normalized spacial score (nSPS) is 12.5. The van der Waals surface area contributed by atoms with Crippen LogP contribution in [0.2, 0.25) is 0 Å². The van der Waals surface area contributed by atoms with E-state index in [0.717, 1.165) is 14.8 Å². The van der Waals surface area contributed by atoms with Crippen LogP contribution in [0.15, 0.2) is 52.3 Å². The van der Waals surface area contributed by atoms with Crippen LogP contribution in [0.5, 0.6) is 11.5 Å². The fraction of sp³-hybridized carbons (Fsp3) is 0.350. The molecule has 0 aromatic heterocycles. The summed E-state index contributed by atoms with van der Waals surface area (Å²) in [5.41, 5.74) is 0.735. The van der Waals surface area contributed by atoms with Crippen LogP contribution in [-0.2, 0) is 14.8 Å². The maximum Gasteiger partial charge on any atom is 0.243 e. The molecule has 0 radical (unpaired) electrons. The molecule has 0 aliphatic rings. The summed E-state index contributed by atoms with van der Waals surface area (Å²) in [5, 5.41) is 2.81. The van der Waals surface area contributed by atoms with Gasteiger partial charge < -0.3 is 14.8 Å². The zero-order valence-electron chi connectivity index (χ0n) is 17.1. The van der Waals surface area contributed by atoms with Gasteiger partial charge in [0.25, 0.3) is 0 Å². The third-order valence-electron chi connectivity index (χ3n) is 4.41. The van der Waals surface area contributed by atoms with Gasteiger partial charge in [0.1, 0.15) is 11.5 Å². The second kappa shape index (κ2) is 10.00. The first-order valence-corrected chi connectivity index (χ1v) is 11.5. The standard InChI is InChI=1S/C20H26N2O5S2/c1-14(18-12-15(26-3)6-11-19(18)27-4)21-20(23)13-22(2)29(24,25)17-9-7-16(28-5)8-10-17/h6-12,14H,13H2,1-5H3,(H,21,23)/t14-/m0/s1. The molecule has 0 heterocycles. The Labute approximate surface area is 176 Å². The van der Waals surface area contributed by atoms with Crippen molar-refractivity contribution < 1.29 is 22.7 Å². The van der Waals surface area contributed by atoms with Crippen LogP contribution in [0.1, 0.15) is 18.5 Å². The van der Waals surface area contributed by atoms with Gasteiger partial charge in [-0.1, -0.05) is 0 Å². The quantitative estimate of drug-likeness (QED) is 0.606. The largest absolute Gasteiger partial charge is 0.497 e. The Morgan fingerprint density at radius 2 is 1.79 bits per heavy atom. The predicted octanol–water partition coefficient (Wildman–Crippen LogP) is 2.92. The molecule has 0 aliphatic carbocycles. The molecule has 0 unspecified atom stereocenters. The number of thioether (sulfide) groups is 1. The third-order valence-corrected chi connectivity index (χ3v) is 6.98. The molecule has 2 aromatic carbocycles. The SMILES string of the molecule is COc1ccc(OC)c([C@H](C)NC(=O)CN(C)S(=O)(=O)c2ccc(SC)cc2)c1. The minimum Gasteiger partial charge on any atom is -0.497 e. The van der Waals surface area contributed by atoms with Crippen molar-refractivity contribution in [2.45, 2.75) is 22.8 Å². The molecule has 9 heteroatoms. The number of rotatable bonds is 9. The van der Waals surface area contributed by atoms with E-state index in [4.69, 9.17) is 9.47 Å². The van der Waals surface area contributed by atoms with Crippen molar-refractivity contribution in [3.05, 3.63) is 48.0 Å². The summed E-state index contributed by atoms with van der Waals surface area (Å²) in [7, 11) is 0.719. The summed E-state index contributed by atoms with van der Waals surface area (Å²) in [4.78, 5) is 13.6. The Balaban J connectivity index is 2.09. The van der Waals surface area contributed by atoms with Crippen LogP contribution >= 0.6 is 11.8 Å². The number of hydrogen-bond acceptors (Lipinski definition) is 6. The van der Waals surface area contributed by atoms with Gasteiger partial charge in [0.05, 0.1) is 31.7 Å². The van der Waals surface area contributed by atoms with Crippen molar-refractivity contribution in [3.8, 4) is 11.5 Å². The molecule has 2 aromatic rings. The van der Waals surface area contributed by atoms with Crippen molar-refractivity contribution in [1.29, 1.82) is 0 Å². The fourth-order valence-corrected chi connectivity index (χ4v) is 4.29. The van der Waals surface area contributed by atoms with E-state index in [1.54, 1.807) is 63.6 Å². The first-order valence-electron chi connectivity index (χ1n) is 8.84. The van der Waals surface area contributed by atoms with Crippen molar-refractivity contribution in [2.24, 2.45) is 0 Å². The van der Waals surface area contributed by atoms with Crippen LogP contribution in [-0.4, -0.2) is 52.7 Å². The molecule has 1 N–H and O–H groups in total. The van der Waals surface area contributed by atoms with Gasteiger partial charge in [-0.15, -0.1) is 11.8 Å². The molecule has 0 fully saturated rings. The summed E-state index contributed by atoms with van der Waals surface area (Å²) in [6.07, 6.45) is 1.92. The van der Waals surface area contributed by atoms with Gasteiger partial charge in [0, 0.05) is 17.5 Å². The van der Waals surface area contributed by atoms with Crippen LogP contribution < -0.4 is 14.8 Å². The second-order valence-corrected chi connectivity index (χ2v) is 9.26. The van der Waals surface area contributed by atoms with Crippen LogP contribution in [0, 0.1) is 0 Å². The van der Waals surface area contributed by atoms with Crippen LogP contribution in [0.4, 0.5) is 0 Å². The molecule has 0 saturated heterocycles. The molecular weight excluding hydrogens is 412 g/mol. The van der Waals surface area contributed by atoms with Crippen molar-refractivity contribution in [3.63, 3.8) is 0 Å². The lowest BCUT2D eigenvalue weighted by Crippen LogP contribution is -2.39. The summed E-state index contributed by atoms with van der Waals surface area (Å²) >= 11 is 1.53. The maximum atomic E-state index is 12.7. The Morgan fingerprint density at radius 1 is 1.14 bits per heavy atom. The average Bonchev–Trinajstić information content (AvgIpc) is 2.72. The molecule has 29 heavy (non-hydrogen) atoms. The highest BCUT2D eigenvalue weighted by molar-refractivity contribution is 7.98. The zero-order valence-corrected chi connectivity index (χ0v) is 18.8. The van der Waals surface area contributed by atoms with Crippen LogP contribution in [0.3, 0.4) is 0 Å². The lowest BCUT2D eigenvalue weighted by atomic mass is 10.1. The summed E-state index contributed by atoms with van der Waals surface area (Å²) < 4.78 is 37.0. The molecule has 1 amide bonds. The molecule has 2 rings (SSSR count). The second-order valence-electron chi connectivity index (χ2n) is 6.33. The number of ether oxygens (including phenoxy) is 2. The Kier molecular flexibility index (Phi) is 7.95. The van der Waals surface area contributed by atoms with Crippen LogP contribution in [0.25, 0.3) is 0 Å². The smallest absolute Gasteiger partial charge is 0.243 e. The highest BCUT2D eigenvalue weighted by atomic mass is 32.2. The molecule has 0 spiro atoms. The lowest BCUT2D eigenvalue weighted by Gasteiger charge is -2.21. The predicted molar refractivity (Wildman–Crippen MR) is 114 cm³/mol. The molecular formula is C20H26N2O5S2. The first-order chi connectivity index (χ1) is 13.7. The Hall–Kier alpha value is -2.23. The number of amides is 1. The molecule has 0 bridgehead atoms. The number of nitrogens with one attached hydrogen (secondary N) is 1. The molecule has 1 atom stereocenters. The van der Waals surface area contributed by atoms with Gasteiger partial charge in [-0.3, -0.25) is 4.79 Å². The number of likely N-dealkylation sites (N-methyl/N-ethyl adjacent to an activating group) is 1. The van der Waals surface area contributed by atoms with Gasteiger partial charge in [0.2, 0.25) is 15.9 Å². The topological polar surface area (TPSA) is 84.9 Å². The van der Waals surface area contributed by atoms with Crippen molar-refractivity contribution in [1.82, 2.24) is 9.62 Å². The Morgan fingerprint density at radius 3 is 2.34 bits per heavy atom. The number of carbonyl (C=O) groups is 1. The average molecular weight is 439 g/mol. The summed E-state index contributed by atoms with van der Waals surface area (Å²) in [5.74, 6) is 0.818. The minimum atomic E-state index is -3.76. The number of hydrogen-bond donors (Lipinski definition) is 1. The minimum absolute atomic E-state index is 0.146. The van der Waals surface area contributed by atoms with E-state index in [0.29, 0.717) is 11.5 Å². The fourth-order valence-electron chi connectivity index (χ4n) is 2.76. The monoisotopic (exact) mass is 438 g/mol. The molecule has 0 aliphatic heterocycles. The molecule has 0 saturated carbocycles. The number of carbonyl (C=O) groups excluding carboxylic acids is 1. The van der Waals surface area contributed by atoms with Gasteiger partial charge in [-0.25, -0.2) is 8.42 Å². The van der Waals surface area contributed by atoms with E-state index >= 15 is 0 Å². The third kappa shape index (κ3) is 5.65. The zero-order chi connectivity index (χ0) is 21.6. The number of methoxy groups -OCH3 is 2. The van der Waals surface area contributed by atoms with E-state index in [1.165, 1.54) is 18.8 Å². The van der Waals surface area contributed by atoms with Gasteiger partial charge in [-0.05, 0) is 55.6 Å². The highest BCUT2D eigenvalue weighted by Gasteiger charge is 2.24.